The summed E-state index contributed by atoms with van der Waals surface area (Å²) < 4.78 is 5.24. The van der Waals surface area contributed by atoms with E-state index >= 15 is 0 Å². The van der Waals surface area contributed by atoms with Crippen LogP contribution in [0.5, 0.6) is 0 Å². The summed E-state index contributed by atoms with van der Waals surface area (Å²) in [4.78, 5) is 23.2. The van der Waals surface area contributed by atoms with E-state index in [9.17, 15) is 9.59 Å². The zero-order chi connectivity index (χ0) is 17.1. The lowest BCUT2D eigenvalue weighted by Gasteiger charge is -2.19. The lowest BCUT2D eigenvalue weighted by molar-refractivity contribution is -0.154. The van der Waals surface area contributed by atoms with Crippen molar-refractivity contribution in [2.75, 3.05) is 6.54 Å². The Labute approximate surface area is 138 Å². The highest BCUT2D eigenvalue weighted by molar-refractivity contribution is 5.91. The van der Waals surface area contributed by atoms with Crippen molar-refractivity contribution in [2.45, 2.75) is 52.1 Å². The molecule has 0 aliphatic heterocycles. The van der Waals surface area contributed by atoms with E-state index in [2.05, 4.69) is 5.32 Å². The molecule has 0 aromatic heterocycles. The maximum Gasteiger partial charge on any atom is 0.306 e. The molecule has 0 radical (unpaired) electrons. The van der Waals surface area contributed by atoms with Gasteiger partial charge in [-0.3, -0.25) is 9.59 Å². The molecule has 1 amide bonds. The molecule has 0 spiro atoms. The first-order chi connectivity index (χ1) is 10.9. The summed E-state index contributed by atoms with van der Waals surface area (Å²) in [5.41, 5.74) is 0.580. The summed E-state index contributed by atoms with van der Waals surface area (Å²) in [7, 11) is 0. The Morgan fingerprint density at radius 2 is 1.78 bits per heavy atom. The van der Waals surface area contributed by atoms with Gasteiger partial charge in [-0.15, -0.1) is 0 Å². The number of carbonyl (C=O) groups is 2. The number of benzene rings is 1. The summed E-state index contributed by atoms with van der Waals surface area (Å²) in [6.45, 7) is 6.21. The van der Waals surface area contributed by atoms with Crippen molar-refractivity contribution in [3.8, 4) is 0 Å². The molecule has 0 fully saturated rings. The second-order valence-corrected chi connectivity index (χ2v) is 6.43. The third-order valence-corrected chi connectivity index (χ3v) is 3.00. The van der Waals surface area contributed by atoms with Crippen LogP contribution in [0, 0.1) is 0 Å². The second-order valence-electron chi connectivity index (χ2n) is 6.43. The van der Waals surface area contributed by atoms with Crippen LogP contribution in [0.15, 0.2) is 36.4 Å². The first-order valence-electron chi connectivity index (χ1n) is 8.09. The number of unbranched alkanes of at least 4 members (excludes halogenated alkanes) is 2. The molecule has 0 bridgehead atoms. The van der Waals surface area contributed by atoms with E-state index in [1.165, 1.54) is 6.08 Å². The van der Waals surface area contributed by atoms with Crippen LogP contribution in [0.3, 0.4) is 0 Å². The molecule has 1 aromatic rings. The zero-order valence-corrected chi connectivity index (χ0v) is 14.3. The topological polar surface area (TPSA) is 55.4 Å². The van der Waals surface area contributed by atoms with Crippen LogP contribution in [-0.4, -0.2) is 24.0 Å². The standard InChI is InChI=1S/C19H27NO3/c1-19(2,3)23-18(22)12-8-5-9-15-20-17(21)14-13-16-10-6-4-7-11-16/h4,6-7,10-11,13-14H,5,8-9,12,15H2,1-3H3,(H,20,21)/b14-13+. The third-order valence-electron chi connectivity index (χ3n) is 3.00. The fourth-order valence-corrected chi connectivity index (χ4v) is 1.97. The first kappa shape index (κ1) is 18.9. The van der Waals surface area contributed by atoms with E-state index in [-0.39, 0.29) is 11.9 Å². The Morgan fingerprint density at radius 1 is 1.09 bits per heavy atom. The molecule has 0 heterocycles. The molecule has 0 unspecified atom stereocenters. The van der Waals surface area contributed by atoms with Crippen LogP contribution >= 0.6 is 0 Å². The fourth-order valence-electron chi connectivity index (χ4n) is 1.97. The van der Waals surface area contributed by atoms with Crippen LogP contribution in [0.25, 0.3) is 6.08 Å². The van der Waals surface area contributed by atoms with Gasteiger partial charge in [0.25, 0.3) is 0 Å². The molecule has 4 nitrogen and oxygen atoms in total. The minimum atomic E-state index is -0.420. The van der Waals surface area contributed by atoms with Gasteiger partial charge in [0.2, 0.25) is 5.91 Å². The molecular formula is C19H27NO3. The van der Waals surface area contributed by atoms with Gasteiger partial charge in [0, 0.05) is 19.0 Å². The largest absolute Gasteiger partial charge is 0.460 e. The normalized spacial score (nSPS) is 11.4. The van der Waals surface area contributed by atoms with Gasteiger partial charge < -0.3 is 10.1 Å². The highest BCUT2D eigenvalue weighted by Crippen LogP contribution is 2.10. The van der Waals surface area contributed by atoms with E-state index in [0.717, 1.165) is 24.8 Å². The molecule has 1 N–H and O–H groups in total. The Bertz CT molecular complexity index is 515. The maximum absolute atomic E-state index is 11.6. The Hall–Kier alpha value is -2.10. The van der Waals surface area contributed by atoms with Gasteiger partial charge in [-0.05, 0) is 45.3 Å². The average molecular weight is 317 g/mol. The van der Waals surface area contributed by atoms with E-state index in [1.807, 2.05) is 51.1 Å². The molecule has 1 rings (SSSR count). The predicted molar refractivity (Wildman–Crippen MR) is 92.8 cm³/mol. The van der Waals surface area contributed by atoms with Crippen molar-refractivity contribution < 1.29 is 14.3 Å². The second kappa shape index (κ2) is 9.82. The van der Waals surface area contributed by atoms with Crippen LogP contribution in [0.1, 0.15) is 52.0 Å². The van der Waals surface area contributed by atoms with Crippen LogP contribution < -0.4 is 5.32 Å². The Kier molecular flexibility index (Phi) is 8.09. The predicted octanol–water partition coefficient (Wildman–Crippen LogP) is 3.72. The monoisotopic (exact) mass is 317 g/mol. The van der Waals surface area contributed by atoms with Crippen molar-refractivity contribution in [3.05, 3.63) is 42.0 Å². The number of hydrogen-bond donors (Lipinski definition) is 1. The number of ether oxygens (including phenoxy) is 1. The molecule has 0 aliphatic rings. The van der Waals surface area contributed by atoms with Gasteiger partial charge >= 0.3 is 5.97 Å². The van der Waals surface area contributed by atoms with E-state index in [4.69, 9.17) is 4.74 Å². The summed E-state index contributed by atoms with van der Waals surface area (Å²) in [5.74, 6) is -0.256. The smallest absolute Gasteiger partial charge is 0.306 e. The van der Waals surface area contributed by atoms with Gasteiger partial charge in [0.15, 0.2) is 0 Å². The number of nitrogens with one attached hydrogen (secondary N) is 1. The number of rotatable bonds is 8. The van der Waals surface area contributed by atoms with Crippen molar-refractivity contribution in [2.24, 2.45) is 0 Å². The van der Waals surface area contributed by atoms with Crippen LogP contribution in [-0.2, 0) is 14.3 Å². The number of esters is 1. The molecule has 4 heteroatoms. The molecule has 0 aliphatic carbocycles. The minimum Gasteiger partial charge on any atom is -0.460 e. The van der Waals surface area contributed by atoms with E-state index in [1.54, 1.807) is 6.08 Å². The molecule has 0 atom stereocenters. The van der Waals surface area contributed by atoms with Crippen molar-refractivity contribution in [1.29, 1.82) is 0 Å². The van der Waals surface area contributed by atoms with Crippen molar-refractivity contribution >= 4 is 18.0 Å². The SMILES string of the molecule is CC(C)(C)OC(=O)CCCCCNC(=O)/C=C/c1ccccc1. The van der Waals surface area contributed by atoms with E-state index in [0.29, 0.717) is 13.0 Å². The summed E-state index contributed by atoms with van der Waals surface area (Å²) in [6, 6.07) is 9.69. The van der Waals surface area contributed by atoms with Gasteiger partial charge in [0.05, 0.1) is 0 Å². The lowest BCUT2D eigenvalue weighted by atomic mass is 10.1. The van der Waals surface area contributed by atoms with Gasteiger partial charge in [-0.25, -0.2) is 0 Å². The molecule has 23 heavy (non-hydrogen) atoms. The highest BCUT2D eigenvalue weighted by Gasteiger charge is 2.15. The van der Waals surface area contributed by atoms with Crippen molar-refractivity contribution in [3.63, 3.8) is 0 Å². The van der Waals surface area contributed by atoms with Crippen LogP contribution in [0.4, 0.5) is 0 Å². The fraction of sp³-hybridized carbons (Fsp3) is 0.474. The summed E-state index contributed by atoms with van der Waals surface area (Å²) in [6.07, 6.45) is 6.28. The van der Waals surface area contributed by atoms with E-state index < -0.39 is 5.60 Å². The average Bonchev–Trinajstić information content (AvgIpc) is 2.48. The summed E-state index contributed by atoms with van der Waals surface area (Å²) >= 11 is 0. The minimum absolute atomic E-state index is 0.0963. The zero-order valence-electron chi connectivity index (χ0n) is 14.3. The molecule has 1 aromatic carbocycles. The molecule has 0 saturated carbocycles. The van der Waals surface area contributed by atoms with Gasteiger partial charge in [0.1, 0.15) is 5.60 Å². The number of carbonyl (C=O) groups excluding carboxylic acids is 2. The molecule has 126 valence electrons. The quantitative estimate of drug-likeness (QED) is 0.452. The third kappa shape index (κ3) is 10.3. The van der Waals surface area contributed by atoms with Crippen LogP contribution in [0.2, 0.25) is 0 Å². The number of amides is 1. The van der Waals surface area contributed by atoms with Gasteiger partial charge in [-0.2, -0.15) is 0 Å². The molecule has 0 saturated heterocycles. The Balaban J connectivity index is 2.08. The Morgan fingerprint density at radius 3 is 2.43 bits per heavy atom. The maximum atomic E-state index is 11.6. The van der Waals surface area contributed by atoms with Gasteiger partial charge in [-0.1, -0.05) is 36.8 Å². The first-order valence-corrected chi connectivity index (χ1v) is 8.09. The highest BCUT2D eigenvalue weighted by atomic mass is 16.6. The lowest BCUT2D eigenvalue weighted by Crippen LogP contribution is -2.24. The molecular weight excluding hydrogens is 290 g/mol. The van der Waals surface area contributed by atoms with Crippen molar-refractivity contribution in [1.82, 2.24) is 5.32 Å². The number of hydrogen-bond acceptors (Lipinski definition) is 3. The summed E-state index contributed by atoms with van der Waals surface area (Å²) in [5, 5.41) is 2.84.